The largest absolute Gasteiger partial charge is 0.315 e. The summed E-state index contributed by atoms with van der Waals surface area (Å²) in [7, 11) is 0. The molecular weight excluding hydrogens is 220 g/mol. The van der Waals surface area contributed by atoms with E-state index in [1.54, 1.807) is 0 Å². The average molecular weight is 256 g/mol. The maximum atomic E-state index is 3.61. The van der Waals surface area contributed by atoms with Crippen LogP contribution in [-0.2, 0) is 0 Å². The summed E-state index contributed by atoms with van der Waals surface area (Å²) >= 11 is 0. The fourth-order valence-corrected chi connectivity index (χ4v) is 2.27. The van der Waals surface area contributed by atoms with Crippen molar-refractivity contribution in [3.8, 4) is 0 Å². The molecule has 0 aliphatic heterocycles. The molecule has 0 aromatic heterocycles. The van der Waals surface area contributed by atoms with E-state index in [2.05, 4.69) is 51.8 Å². The normalized spacial score (nSPS) is 15.3. The van der Waals surface area contributed by atoms with Gasteiger partial charge in [-0.2, -0.15) is 0 Å². The van der Waals surface area contributed by atoms with Gasteiger partial charge in [-0.15, -0.1) is 0 Å². The zero-order valence-electron chi connectivity index (χ0n) is 13.6. The first-order valence-corrected chi connectivity index (χ1v) is 7.99. The average Bonchev–Trinajstić information content (AvgIpc) is 2.34. The molecule has 2 heteroatoms. The van der Waals surface area contributed by atoms with Gasteiger partial charge in [0.15, 0.2) is 0 Å². The van der Waals surface area contributed by atoms with E-state index >= 15 is 0 Å². The third-order valence-electron chi connectivity index (χ3n) is 3.83. The molecule has 0 rings (SSSR count). The second kappa shape index (κ2) is 10.8. The highest BCUT2D eigenvalue weighted by Crippen LogP contribution is 2.10. The number of hydrogen-bond acceptors (Lipinski definition) is 2. The summed E-state index contributed by atoms with van der Waals surface area (Å²) in [5, 5.41) is 3.61. The molecule has 110 valence electrons. The predicted octanol–water partition coefficient (Wildman–Crippen LogP) is 3.91. The molecule has 0 aromatic carbocycles. The van der Waals surface area contributed by atoms with Crippen LogP contribution in [0.15, 0.2) is 0 Å². The Labute approximate surface area is 116 Å². The number of nitrogens with zero attached hydrogens (tertiary/aromatic N) is 1. The Hall–Kier alpha value is -0.0800. The highest BCUT2D eigenvalue weighted by molar-refractivity contribution is 4.74. The van der Waals surface area contributed by atoms with Gasteiger partial charge < -0.3 is 5.32 Å². The third-order valence-corrected chi connectivity index (χ3v) is 3.83. The van der Waals surface area contributed by atoms with Gasteiger partial charge >= 0.3 is 0 Å². The zero-order valence-corrected chi connectivity index (χ0v) is 13.6. The lowest BCUT2D eigenvalue weighted by atomic mass is 10.1. The summed E-state index contributed by atoms with van der Waals surface area (Å²) < 4.78 is 0. The van der Waals surface area contributed by atoms with Crippen molar-refractivity contribution >= 4 is 0 Å². The summed E-state index contributed by atoms with van der Waals surface area (Å²) in [4.78, 5) is 2.67. The molecule has 0 aliphatic carbocycles. The van der Waals surface area contributed by atoms with Gasteiger partial charge in [0.1, 0.15) is 0 Å². The highest BCUT2D eigenvalue weighted by Gasteiger charge is 2.17. The minimum atomic E-state index is 0.652. The Bertz CT molecular complexity index is 180. The van der Waals surface area contributed by atoms with Gasteiger partial charge in [-0.05, 0) is 52.1 Å². The Balaban J connectivity index is 3.99. The summed E-state index contributed by atoms with van der Waals surface area (Å²) in [6.07, 6.45) is 5.15. The van der Waals surface area contributed by atoms with Gasteiger partial charge in [0, 0.05) is 18.6 Å². The molecule has 0 radical (unpaired) electrons. The van der Waals surface area contributed by atoms with E-state index in [0.717, 1.165) is 19.0 Å². The number of nitrogens with one attached hydrogen (secondary N) is 1. The quantitative estimate of drug-likeness (QED) is 0.564. The van der Waals surface area contributed by atoms with Crippen molar-refractivity contribution in [1.29, 1.82) is 0 Å². The van der Waals surface area contributed by atoms with Crippen molar-refractivity contribution in [2.24, 2.45) is 5.92 Å². The van der Waals surface area contributed by atoms with Gasteiger partial charge in [-0.1, -0.05) is 34.1 Å². The van der Waals surface area contributed by atoms with Crippen molar-refractivity contribution in [2.75, 3.05) is 19.6 Å². The number of hydrogen-bond donors (Lipinski definition) is 1. The molecule has 1 N–H and O–H groups in total. The Morgan fingerprint density at radius 3 is 2.17 bits per heavy atom. The van der Waals surface area contributed by atoms with Gasteiger partial charge in [0.25, 0.3) is 0 Å². The predicted molar refractivity (Wildman–Crippen MR) is 83.2 cm³/mol. The molecule has 2 atom stereocenters. The van der Waals surface area contributed by atoms with Crippen molar-refractivity contribution in [3.63, 3.8) is 0 Å². The summed E-state index contributed by atoms with van der Waals surface area (Å²) in [5.41, 5.74) is 0. The second-order valence-corrected chi connectivity index (χ2v) is 6.08. The van der Waals surface area contributed by atoms with Gasteiger partial charge in [-0.25, -0.2) is 0 Å². The van der Waals surface area contributed by atoms with Crippen LogP contribution in [0.1, 0.15) is 67.2 Å². The fraction of sp³-hybridized carbons (Fsp3) is 1.00. The van der Waals surface area contributed by atoms with Crippen LogP contribution < -0.4 is 5.32 Å². The van der Waals surface area contributed by atoms with Crippen LogP contribution >= 0.6 is 0 Å². The molecule has 2 unspecified atom stereocenters. The Kier molecular flexibility index (Phi) is 10.8. The number of unbranched alkanes of at least 4 members (excludes halogenated alkanes) is 1. The lowest BCUT2D eigenvalue weighted by Gasteiger charge is -2.34. The van der Waals surface area contributed by atoms with Crippen molar-refractivity contribution in [2.45, 2.75) is 79.3 Å². The smallest absolute Gasteiger partial charge is 0.0195 e. The molecule has 0 aliphatic rings. The van der Waals surface area contributed by atoms with Crippen LogP contribution in [0, 0.1) is 5.92 Å². The van der Waals surface area contributed by atoms with E-state index in [-0.39, 0.29) is 0 Å². The second-order valence-electron chi connectivity index (χ2n) is 6.08. The molecule has 0 heterocycles. The number of rotatable bonds is 11. The summed E-state index contributed by atoms with van der Waals surface area (Å²) in [5.74, 6) is 0.804. The maximum absolute atomic E-state index is 3.61. The first kappa shape index (κ1) is 17.9. The summed E-state index contributed by atoms with van der Waals surface area (Å²) in [6, 6.07) is 1.36. The van der Waals surface area contributed by atoms with Crippen LogP contribution in [0.25, 0.3) is 0 Å². The van der Waals surface area contributed by atoms with Gasteiger partial charge in [0.05, 0.1) is 0 Å². The van der Waals surface area contributed by atoms with E-state index in [1.165, 1.54) is 32.2 Å². The van der Waals surface area contributed by atoms with Crippen LogP contribution in [0.3, 0.4) is 0 Å². The molecule has 0 amide bonds. The van der Waals surface area contributed by atoms with Crippen LogP contribution in [0.5, 0.6) is 0 Å². The molecule has 18 heavy (non-hydrogen) atoms. The van der Waals surface area contributed by atoms with Crippen molar-refractivity contribution in [3.05, 3.63) is 0 Å². The van der Waals surface area contributed by atoms with E-state index in [0.29, 0.717) is 12.1 Å². The molecule has 0 spiro atoms. The SMILES string of the molecule is CCCCN(C(C)CC)C(C)CNCCC(C)C. The topological polar surface area (TPSA) is 15.3 Å². The Morgan fingerprint density at radius 2 is 1.67 bits per heavy atom. The minimum Gasteiger partial charge on any atom is -0.315 e. The van der Waals surface area contributed by atoms with Gasteiger partial charge in [0.2, 0.25) is 0 Å². The van der Waals surface area contributed by atoms with E-state index in [9.17, 15) is 0 Å². The molecule has 2 nitrogen and oxygen atoms in total. The molecule has 0 aromatic rings. The maximum Gasteiger partial charge on any atom is 0.0195 e. The van der Waals surface area contributed by atoms with E-state index < -0.39 is 0 Å². The Morgan fingerprint density at radius 1 is 1.00 bits per heavy atom. The third kappa shape index (κ3) is 8.10. The monoisotopic (exact) mass is 256 g/mol. The van der Waals surface area contributed by atoms with Crippen molar-refractivity contribution in [1.82, 2.24) is 10.2 Å². The van der Waals surface area contributed by atoms with E-state index in [1.807, 2.05) is 0 Å². The zero-order chi connectivity index (χ0) is 14.0. The fourth-order valence-electron chi connectivity index (χ4n) is 2.27. The molecule has 0 saturated carbocycles. The minimum absolute atomic E-state index is 0.652. The van der Waals surface area contributed by atoms with Crippen LogP contribution in [0.2, 0.25) is 0 Å². The van der Waals surface area contributed by atoms with Crippen molar-refractivity contribution < 1.29 is 0 Å². The molecule has 0 saturated heterocycles. The first-order chi connectivity index (χ1) is 8.52. The summed E-state index contributed by atoms with van der Waals surface area (Å²) in [6.45, 7) is 17.4. The standard InChI is InChI=1S/C16H36N2/c1-7-9-12-18(15(5)8-2)16(6)13-17-11-10-14(3)4/h14-17H,7-13H2,1-6H3. The van der Waals surface area contributed by atoms with Crippen LogP contribution in [0.4, 0.5) is 0 Å². The molecule has 0 bridgehead atoms. The first-order valence-electron chi connectivity index (χ1n) is 7.99. The molecular formula is C16H36N2. The molecule has 0 fully saturated rings. The van der Waals surface area contributed by atoms with Crippen LogP contribution in [-0.4, -0.2) is 36.6 Å². The van der Waals surface area contributed by atoms with Gasteiger partial charge in [-0.3, -0.25) is 4.90 Å². The lowest BCUT2D eigenvalue weighted by molar-refractivity contribution is 0.145. The highest BCUT2D eigenvalue weighted by atomic mass is 15.2. The van der Waals surface area contributed by atoms with E-state index in [4.69, 9.17) is 0 Å². The lowest BCUT2D eigenvalue weighted by Crippen LogP contribution is -2.45.